The maximum absolute atomic E-state index is 12.3. The average molecular weight is 595 g/mol. The first-order valence-electron chi connectivity index (χ1n) is 16.4. The van der Waals surface area contributed by atoms with Crippen LogP contribution in [-0.2, 0) is 18.3 Å². The van der Waals surface area contributed by atoms with Gasteiger partial charge in [0.05, 0.1) is 25.0 Å². The third-order valence-corrected chi connectivity index (χ3v) is 9.11. The number of aromatic nitrogens is 3. The molecule has 0 bridgehead atoms. The second-order valence-electron chi connectivity index (χ2n) is 11.6. The Labute approximate surface area is 247 Å². The van der Waals surface area contributed by atoms with Crippen molar-refractivity contribution in [3.05, 3.63) is 24.2 Å². The average Bonchev–Trinajstić information content (AvgIpc) is 3.61. The minimum Gasteiger partial charge on any atom is -0.382 e. The number of ether oxygens (including phenoxy) is 1. The van der Waals surface area contributed by atoms with Crippen molar-refractivity contribution in [1.29, 1.82) is 0 Å². The molecule has 3 unspecified atom stereocenters. The van der Waals surface area contributed by atoms with Gasteiger partial charge in [0.15, 0.2) is 5.82 Å². The third kappa shape index (κ3) is 13.1. The lowest BCUT2D eigenvalue weighted by molar-refractivity contribution is 0.00485. The summed E-state index contributed by atoms with van der Waals surface area (Å²) in [6, 6.07) is 3.79. The Morgan fingerprint density at radius 3 is 2.02 bits per heavy atom. The standard InChI is InChI=1S/C31H55N4O5P/c1-2-3-4-5-6-7-8-9-10-11-12-13-14-15-16-17-18-19-24-38-41(36,37)39-25-27-20-23-30(40-27)28-21-22-29-31(32)33-26-34-35(28)29/h21-22,26-27,30H,2-20,23-25H2,1H3,(H,36,37)(H2,32,33,34). The fourth-order valence-corrected chi connectivity index (χ4v) is 6.45. The van der Waals surface area contributed by atoms with Crippen molar-refractivity contribution in [3.63, 3.8) is 0 Å². The summed E-state index contributed by atoms with van der Waals surface area (Å²) in [6.07, 6.45) is 26.0. The molecule has 0 spiro atoms. The normalized spacial score (nSPS) is 18.8. The number of rotatable bonds is 24. The first-order chi connectivity index (χ1) is 20.0. The van der Waals surface area contributed by atoms with Crippen LogP contribution in [0.4, 0.5) is 5.82 Å². The molecule has 234 valence electrons. The molecule has 1 fully saturated rings. The Morgan fingerprint density at radius 1 is 0.878 bits per heavy atom. The Bertz CT molecular complexity index is 1020. The van der Waals surface area contributed by atoms with E-state index in [1.54, 1.807) is 4.52 Å². The largest absolute Gasteiger partial charge is 0.472 e. The van der Waals surface area contributed by atoms with Crippen molar-refractivity contribution in [1.82, 2.24) is 14.6 Å². The van der Waals surface area contributed by atoms with Gasteiger partial charge in [-0.15, -0.1) is 0 Å². The second-order valence-corrected chi connectivity index (χ2v) is 13.1. The number of nitrogen functional groups attached to an aromatic ring is 1. The fourth-order valence-electron chi connectivity index (χ4n) is 5.66. The molecular weight excluding hydrogens is 539 g/mol. The van der Waals surface area contributed by atoms with Gasteiger partial charge in [-0.2, -0.15) is 5.10 Å². The summed E-state index contributed by atoms with van der Waals surface area (Å²) < 4.78 is 30.5. The van der Waals surface area contributed by atoms with Gasteiger partial charge >= 0.3 is 7.82 Å². The number of phosphoric acid groups is 1. The van der Waals surface area contributed by atoms with Gasteiger partial charge in [0.25, 0.3) is 0 Å². The number of nitrogens with two attached hydrogens (primary N) is 1. The van der Waals surface area contributed by atoms with Crippen LogP contribution in [0, 0.1) is 0 Å². The number of anilines is 1. The number of phosphoric ester groups is 1. The zero-order valence-corrected chi connectivity index (χ0v) is 26.3. The van der Waals surface area contributed by atoms with Crippen molar-refractivity contribution in [2.75, 3.05) is 18.9 Å². The summed E-state index contributed by atoms with van der Waals surface area (Å²) in [5.74, 6) is 0.414. The minimum absolute atomic E-state index is 0.0177. The van der Waals surface area contributed by atoms with Gasteiger partial charge in [0.2, 0.25) is 0 Å². The molecule has 2 aromatic heterocycles. The Kier molecular flexibility index (Phi) is 16.3. The van der Waals surface area contributed by atoms with Crippen molar-refractivity contribution >= 4 is 19.2 Å². The third-order valence-electron chi connectivity index (χ3n) is 8.12. The summed E-state index contributed by atoms with van der Waals surface area (Å²) in [6.45, 7) is 2.53. The van der Waals surface area contributed by atoms with E-state index >= 15 is 0 Å². The molecule has 10 heteroatoms. The predicted molar refractivity (Wildman–Crippen MR) is 165 cm³/mol. The summed E-state index contributed by atoms with van der Waals surface area (Å²) >= 11 is 0. The van der Waals surface area contributed by atoms with Gasteiger partial charge in [-0.1, -0.05) is 116 Å². The van der Waals surface area contributed by atoms with Crippen LogP contribution in [0.15, 0.2) is 18.5 Å². The molecule has 3 rings (SSSR count). The van der Waals surface area contributed by atoms with E-state index in [4.69, 9.17) is 19.5 Å². The Balaban J connectivity index is 1.11. The van der Waals surface area contributed by atoms with Crippen molar-refractivity contribution in [2.45, 2.75) is 148 Å². The van der Waals surface area contributed by atoms with Crippen LogP contribution in [0.25, 0.3) is 5.52 Å². The van der Waals surface area contributed by atoms with E-state index in [0.29, 0.717) is 5.82 Å². The van der Waals surface area contributed by atoms with Crippen LogP contribution < -0.4 is 5.73 Å². The van der Waals surface area contributed by atoms with Crippen LogP contribution in [0.3, 0.4) is 0 Å². The van der Waals surface area contributed by atoms with E-state index in [0.717, 1.165) is 43.3 Å². The molecule has 3 heterocycles. The predicted octanol–water partition coefficient (Wildman–Crippen LogP) is 8.71. The molecule has 1 aliphatic heterocycles. The molecule has 3 atom stereocenters. The minimum atomic E-state index is -4.09. The molecule has 0 saturated carbocycles. The summed E-state index contributed by atoms with van der Waals surface area (Å²) in [4.78, 5) is 14.1. The molecule has 2 aromatic rings. The number of hydrogen-bond acceptors (Lipinski definition) is 7. The SMILES string of the molecule is CCCCCCCCCCCCCCCCCCCCOP(=O)(O)OCC1CCC(c2ccc3c(N)ncnn23)O1. The van der Waals surface area contributed by atoms with Gasteiger partial charge in [-0.25, -0.2) is 14.1 Å². The molecule has 0 amide bonds. The lowest BCUT2D eigenvalue weighted by Crippen LogP contribution is -2.15. The van der Waals surface area contributed by atoms with Crippen LogP contribution in [0.5, 0.6) is 0 Å². The van der Waals surface area contributed by atoms with Gasteiger partial charge in [-0.05, 0) is 31.4 Å². The Hall–Kier alpha value is -1.51. The van der Waals surface area contributed by atoms with E-state index in [9.17, 15) is 9.46 Å². The summed E-state index contributed by atoms with van der Waals surface area (Å²) in [7, 11) is -4.09. The highest BCUT2D eigenvalue weighted by Crippen LogP contribution is 2.45. The van der Waals surface area contributed by atoms with Crippen molar-refractivity contribution < 1.29 is 23.2 Å². The van der Waals surface area contributed by atoms with Crippen molar-refractivity contribution in [2.24, 2.45) is 0 Å². The molecule has 3 N–H and O–H groups in total. The summed E-state index contributed by atoms with van der Waals surface area (Å²) in [5, 5.41) is 4.26. The molecule has 0 radical (unpaired) electrons. The molecule has 1 saturated heterocycles. The second kappa shape index (κ2) is 19.6. The number of fused-ring (bicyclic) bond motifs is 1. The van der Waals surface area contributed by atoms with Crippen LogP contribution >= 0.6 is 7.82 Å². The van der Waals surface area contributed by atoms with Gasteiger partial charge in [0.1, 0.15) is 17.9 Å². The zero-order chi connectivity index (χ0) is 29.2. The lowest BCUT2D eigenvalue weighted by Gasteiger charge is -2.16. The molecule has 41 heavy (non-hydrogen) atoms. The van der Waals surface area contributed by atoms with E-state index < -0.39 is 7.82 Å². The molecule has 9 nitrogen and oxygen atoms in total. The topological polar surface area (TPSA) is 121 Å². The zero-order valence-electron chi connectivity index (χ0n) is 25.4. The van der Waals surface area contributed by atoms with Crippen LogP contribution in [-0.4, -0.2) is 38.8 Å². The number of hydrogen-bond donors (Lipinski definition) is 2. The van der Waals surface area contributed by atoms with E-state index in [-0.39, 0.29) is 25.4 Å². The van der Waals surface area contributed by atoms with Gasteiger partial charge in [0, 0.05) is 0 Å². The first kappa shape index (κ1) is 34.0. The molecule has 0 aromatic carbocycles. The van der Waals surface area contributed by atoms with E-state index in [1.807, 2.05) is 12.1 Å². The monoisotopic (exact) mass is 594 g/mol. The Morgan fingerprint density at radius 2 is 1.44 bits per heavy atom. The van der Waals surface area contributed by atoms with Crippen molar-refractivity contribution in [3.8, 4) is 0 Å². The smallest absolute Gasteiger partial charge is 0.382 e. The molecule has 1 aliphatic rings. The van der Waals surface area contributed by atoms with Crippen LogP contribution in [0.1, 0.15) is 147 Å². The highest BCUT2D eigenvalue weighted by atomic mass is 31.2. The lowest BCUT2D eigenvalue weighted by atomic mass is 10.0. The highest BCUT2D eigenvalue weighted by Gasteiger charge is 2.31. The van der Waals surface area contributed by atoms with E-state index in [1.165, 1.54) is 103 Å². The van der Waals surface area contributed by atoms with Gasteiger partial charge in [-0.3, -0.25) is 9.05 Å². The number of nitrogens with zero attached hydrogens (tertiary/aromatic N) is 3. The van der Waals surface area contributed by atoms with Crippen LogP contribution in [0.2, 0.25) is 0 Å². The first-order valence-corrected chi connectivity index (χ1v) is 17.8. The highest BCUT2D eigenvalue weighted by molar-refractivity contribution is 7.47. The van der Waals surface area contributed by atoms with Gasteiger partial charge < -0.3 is 15.4 Å². The quantitative estimate of drug-likeness (QED) is 0.0914. The fraction of sp³-hybridized carbons (Fsp3) is 0.806. The maximum atomic E-state index is 12.3. The van der Waals surface area contributed by atoms with E-state index in [2.05, 4.69) is 17.0 Å². The summed E-state index contributed by atoms with van der Waals surface area (Å²) in [5.41, 5.74) is 7.53. The maximum Gasteiger partial charge on any atom is 0.472 e. The molecular formula is C31H55N4O5P. The molecule has 0 aliphatic carbocycles. The number of unbranched alkanes of at least 4 members (excludes halogenated alkanes) is 17.